The van der Waals surface area contributed by atoms with Crippen molar-refractivity contribution in [2.45, 2.75) is 32.4 Å². The fourth-order valence-corrected chi connectivity index (χ4v) is 2.87. The molecule has 0 saturated carbocycles. The highest BCUT2D eigenvalue weighted by atomic mass is 16.2. The van der Waals surface area contributed by atoms with E-state index in [1.807, 2.05) is 39.9 Å². The summed E-state index contributed by atoms with van der Waals surface area (Å²) in [5.41, 5.74) is 1.72. The number of carbonyl (C=O) groups excluding carboxylic acids is 1. The molecule has 2 atom stereocenters. The van der Waals surface area contributed by atoms with Gasteiger partial charge in [-0.05, 0) is 26.0 Å². The Morgan fingerprint density at radius 2 is 2.10 bits per heavy atom. The zero-order valence-corrected chi connectivity index (χ0v) is 11.9. The Labute approximate surface area is 118 Å². The third-order valence-electron chi connectivity index (χ3n) is 3.66. The van der Waals surface area contributed by atoms with Gasteiger partial charge in [0, 0.05) is 37.6 Å². The lowest BCUT2D eigenvalue weighted by atomic mass is 10.1. The minimum absolute atomic E-state index is 0.161. The van der Waals surface area contributed by atoms with Crippen LogP contribution in [0, 0.1) is 0 Å². The van der Waals surface area contributed by atoms with Crippen LogP contribution in [-0.2, 0) is 11.2 Å². The van der Waals surface area contributed by atoms with E-state index >= 15 is 0 Å². The summed E-state index contributed by atoms with van der Waals surface area (Å²) in [4.78, 5) is 18.8. The number of nitrogens with one attached hydrogen (secondary N) is 1. The molecule has 1 saturated heterocycles. The van der Waals surface area contributed by atoms with E-state index < -0.39 is 0 Å². The van der Waals surface area contributed by atoms with Crippen molar-refractivity contribution in [3.63, 3.8) is 0 Å². The first-order chi connectivity index (χ1) is 9.61. The summed E-state index contributed by atoms with van der Waals surface area (Å²) >= 11 is 0. The lowest BCUT2D eigenvalue weighted by Crippen LogP contribution is -2.56. The second kappa shape index (κ2) is 5.25. The van der Waals surface area contributed by atoms with Gasteiger partial charge in [-0.25, -0.2) is 4.98 Å². The molecule has 106 valence electrons. The minimum Gasteiger partial charge on any atom is -0.339 e. The third-order valence-corrected chi connectivity index (χ3v) is 3.66. The molecular formula is C15H20N4O. The molecule has 0 aliphatic carbocycles. The fraction of sp³-hybridized carbons (Fsp3) is 0.467. The van der Waals surface area contributed by atoms with Gasteiger partial charge >= 0.3 is 0 Å². The van der Waals surface area contributed by atoms with Crippen molar-refractivity contribution >= 4 is 11.6 Å². The number of carbonyl (C=O) groups is 1. The monoisotopic (exact) mass is 272 g/mol. The SMILES string of the molecule is C[C@@H]1CN(C(=O)Cc2cn3ccccc3n2)C[C@H](C)N1. The summed E-state index contributed by atoms with van der Waals surface area (Å²) < 4.78 is 1.95. The van der Waals surface area contributed by atoms with Crippen LogP contribution in [0.4, 0.5) is 0 Å². The lowest BCUT2D eigenvalue weighted by Gasteiger charge is -2.36. The van der Waals surface area contributed by atoms with Crippen LogP contribution in [0.5, 0.6) is 0 Å². The molecule has 3 heterocycles. The average Bonchev–Trinajstić information content (AvgIpc) is 2.79. The van der Waals surface area contributed by atoms with Crippen LogP contribution in [-0.4, -0.2) is 45.4 Å². The van der Waals surface area contributed by atoms with Gasteiger partial charge in [0.25, 0.3) is 0 Å². The minimum atomic E-state index is 0.161. The van der Waals surface area contributed by atoms with Crippen LogP contribution >= 0.6 is 0 Å². The van der Waals surface area contributed by atoms with Crippen molar-refractivity contribution in [1.82, 2.24) is 19.6 Å². The molecule has 20 heavy (non-hydrogen) atoms. The number of hydrogen-bond donors (Lipinski definition) is 1. The maximum Gasteiger partial charge on any atom is 0.228 e. The Bertz CT molecular complexity index is 578. The van der Waals surface area contributed by atoms with Gasteiger partial charge in [-0.1, -0.05) is 6.07 Å². The highest BCUT2D eigenvalue weighted by Gasteiger charge is 2.25. The van der Waals surface area contributed by atoms with E-state index in [4.69, 9.17) is 0 Å². The highest BCUT2D eigenvalue weighted by Crippen LogP contribution is 2.09. The van der Waals surface area contributed by atoms with Crippen LogP contribution in [0.2, 0.25) is 0 Å². The van der Waals surface area contributed by atoms with Crippen molar-refractivity contribution in [1.29, 1.82) is 0 Å². The lowest BCUT2D eigenvalue weighted by molar-refractivity contribution is -0.132. The Kier molecular flexibility index (Phi) is 3.44. The molecule has 0 aromatic carbocycles. The average molecular weight is 272 g/mol. The second-order valence-corrected chi connectivity index (χ2v) is 5.64. The Balaban J connectivity index is 1.72. The van der Waals surface area contributed by atoms with Gasteiger partial charge in [-0.15, -0.1) is 0 Å². The van der Waals surface area contributed by atoms with Crippen molar-refractivity contribution in [2.24, 2.45) is 0 Å². The highest BCUT2D eigenvalue weighted by molar-refractivity contribution is 5.78. The summed E-state index contributed by atoms with van der Waals surface area (Å²) in [5.74, 6) is 0.161. The van der Waals surface area contributed by atoms with Crippen LogP contribution in [0.25, 0.3) is 5.65 Å². The number of imidazole rings is 1. The van der Waals surface area contributed by atoms with Crippen molar-refractivity contribution in [3.8, 4) is 0 Å². The summed E-state index contributed by atoms with van der Waals surface area (Å²) in [6.45, 7) is 5.77. The van der Waals surface area contributed by atoms with Gasteiger partial charge in [0.15, 0.2) is 0 Å². The topological polar surface area (TPSA) is 49.6 Å². The molecule has 1 N–H and O–H groups in total. The Morgan fingerprint density at radius 3 is 2.80 bits per heavy atom. The zero-order valence-electron chi connectivity index (χ0n) is 11.9. The summed E-state index contributed by atoms with van der Waals surface area (Å²) in [7, 11) is 0. The molecule has 0 radical (unpaired) electrons. The first kappa shape index (κ1) is 13.1. The molecule has 1 fully saturated rings. The molecule has 2 aromatic rings. The van der Waals surface area contributed by atoms with Gasteiger partial charge in [0.2, 0.25) is 5.91 Å². The first-order valence-corrected chi connectivity index (χ1v) is 7.08. The van der Waals surface area contributed by atoms with E-state index in [0.29, 0.717) is 18.5 Å². The molecule has 5 heteroatoms. The molecule has 1 aliphatic heterocycles. The number of amides is 1. The molecule has 3 rings (SSSR count). The van der Waals surface area contributed by atoms with Gasteiger partial charge in [-0.3, -0.25) is 4.79 Å². The van der Waals surface area contributed by atoms with E-state index in [1.54, 1.807) is 0 Å². The Morgan fingerprint density at radius 1 is 1.35 bits per heavy atom. The normalized spacial score (nSPS) is 23.2. The van der Waals surface area contributed by atoms with Gasteiger partial charge in [0.05, 0.1) is 12.1 Å². The van der Waals surface area contributed by atoms with E-state index in [-0.39, 0.29) is 5.91 Å². The smallest absolute Gasteiger partial charge is 0.228 e. The first-order valence-electron chi connectivity index (χ1n) is 7.08. The van der Waals surface area contributed by atoms with Gasteiger partial charge < -0.3 is 14.6 Å². The van der Waals surface area contributed by atoms with Crippen molar-refractivity contribution in [2.75, 3.05) is 13.1 Å². The number of nitrogens with zero attached hydrogens (tertiary/aromatic N) is 3. The summed E-state index contributed by atoms with van der Waals surface area (Å²) in [6, 6.07) is 6.56. The number of rotatable bonds is 2. The maximum absolute atomic E-state index is 12.4. The van der Waals surface area contributed by atoms with Crippen LogP contribution in [0.15, 0.2) is 30.6 Å². The number of aromatic nitrogens is 2. The van der Waals surface area contributed by atoms with Gasteiger partial charge in [-0.2, -0.15) is 0 Å². The molecule has 2 aromatic heterocycles. The molecule has 1 amide bonds. The zero-order chi connectivity index (χ0) is 14.1. The maximum atomic E-state index is 12.4. The number of hydrogen-bond acceptors (Lipinski definition) is 3. The van der Waals surface area contributed by atoms with Crippen molar-refractivity contribution < 1.29 is 4.79 Å². The standard InChI is InChI=1S/C15H20N4O/c1-11-8-19(9-12(2)16-11)15(20)7-13-10-18-6-4-3-5-14(18)17-13/h3-6,10-12,16H,7-9H2,1-2H3/t11-,12+. The van der Waals surface area contributed by atoms with Crippen molar-refractivity contribution in [3.05, 3.63) is 36.3 Å². The molecule has 0 unspecified atom stereocenters. The largest absolute Gasteiger partial charge is 0.339 e. The molecule has 1 aliphatic rings. The van der Waals surface area contributed by atoms with E-state index in [9.17, 15) is 4.79 Å². The quantitative estimate of drug-likeness (QED) is 0.890. The molecule has 0 bridgehead atoms. The molecule has 5 nitrogen and oxygen atoms in total. The van der Waals surface area contributed by atoms with E-state index in [2.05, 4.69) is 24.1 Å². The van der Waals surface area contributed by atoms with Crippen LogP contribution in [0.3, 0.4) is 0 Å². The third kappa shape index (κ3) is 2.67. The summed E-state index contributed by atoms with van der Waals surface area (Å²) in [6.07, 6.45) is 4.26. The van der Waals surface area contributed by atoms with E-state index in [1.165, 1.54) is 0 Å². The number of piperazine rings is 1. The number of pyridine rings is 1. The number of fused-ring (bicyclic) bond motifs is 1. The van der Waals surface area contributed by atoms with Gasteiger partial charge in [0.1, 0.15) is 5.65 Å². The van der Waals surface area contributed by atoms with Crippen LogP contribution in [0.1, 0.15) is 19.5 Å². The summed E-state index contributed by atoms with van der Waals surface area (Å²) in [5, 5.41) is 3.44. The fourth-order valence-electron chi connectivity index (χ4n) is 2.87. The van der Waals surface area contributed by atoms with E-state index in [0.717, 1.165) is 24.4 Å². The predicted octanol–water partition coefficient (Wildman–Crippen LogP) is 1.09. The predicted molar refractivity (Wildman–Crippen MR) is 77.5 cm³/mol. The molecular weight excluding hydrogens is 252 g/mol. The Hall–Kier alpha value is -1.88. The second-order valence-electron chi connectivity index (χ2n) is 5.64. The van der Waals surface area contributed by atoms with Crippen LogP contribution < -0.4 is 5.32 Å². The molecule has 0 spiro atoms.